The van der Waals surface area contributed by atoms with Crippen LogP contribution in [0.25, 0.3) is 22.6 Å². The summed E-state index contributed by atoms with van der Waals surface area (Å²) in [5.74, 6) is 0.459. The molecule has 1 atom stereocenters. The number of pyridine rings is 1. The summed E-state index contributed by atoms with van der Waals surface area (Å²) in [6, 6.07) is 18.1. The molecule has 0 amide bonds. The molecule has 2 aromatic heterocycles. The number of hydrogen-bond donors (Lipinski definition) is 2. The van der Waals surface area contributed by atoms with Crippen LogP contribution in [0.15, 0.2) is 77.6 Å². The van der Waals surface area contributed by atoms with Crippen LogP contribution in [0.1, 0.15) is 17.2 Å². The normalized spacial score (nSPS) is 12.1. The predicted molar refractivity (Wildman–Crippen MR) is 105 cm³/mol. The van der Waals surface area contributed by atoms with Crippen molar-refractivity contribution in [3.8, 4) is 22.6 Å². The van der Waals surface area contributed by atoms with Gasteiger partial charge in [0.1, 0.15) is 11.8 Å². The van der Waals surface area contributed by atoms with E-state index in [1.54, 1.807) is 48.8 Å². The Bertz CT molecular complexity index is 1060. The second kappa shape index (κ2) is 7.23. The van der Waals surface area contributed by atoms with Crippen LogP contribution in [-0.4, -0.2) is 15.2 Å². The van der Waals surface area contributed by atoms with Gasteiger partial charge < -0.3 is 15.4 Å². The molecule has 134 valence electrons. The number of anilines is 1. The zero-order valence-corrected chi connectivity index (χ0v) is 15.0. The van der Waals surface area contributed by atoms with Crippen molar-refractivity contribution in [2.45, 2.75) is 6.10 Å². The minimum absolute atomic E-state index is 0.459. The molecule has 0 spiro atoms. The summed E-state index contributed by atoms with van der Waals surface area (Å²) < 4.78 is 5.64. The van der Waals surface area contributed by atoms with E-state index < -0.39 is 6.10 Å². The molecular formula is C21H16ClN3O2. The number of aromatic nitrogens is 2. The Morgan fingerprint density at radius 3 is 2.52 bits per heavy atom. The van der Waals surface area contributed by atoms with Gasteiger partial charge in [-0.2, -0.15) is 0 Å². The fraction of sp³-hybridized carbons (Fsp3) is 0.0476. The lowest BCUT2D eigenvalue weighted by molar-refractivity contribution is 0.220. The quantitative estimate of drug-likeness (QED) is 0.502. The highest BCUT2D eigenvalue weighted by atomic mass is 35.5. The number of aliphatic hydroxyl groups is 1. The van der Waals surface area contributed by atoms with Crippen molar-refractivity contribution >= 4 is 17.3 Å². The highest BCUT2D eigenvalue weighted by molar-refractivity contribution is 6.30. The number of nitrogens with zero attached hydrogens (tertiary/aromatic N) is 2. The van der Waals surface area contributed by atoms with Crippen LogP contribution >= 0.6 is 11.6 Å². The number of benzene rings is 2. The van der Waals surface area contributed by atoms with Gasteiger partial charge >= 0.3 is 0 Å². The third-order valence-electron chi connectivity index (χ3n) is 4.27. The average Bonchev–Trinajstić information content (AvgIpc) is 3.14. The zero-order chi connectivity index (χ0) is 18.8. The highest BCUT2D eigenvalue weighted by Crippen LogP contribution is 2.39. The second-order valence-electron chi connectivity index (χ2n) is 6.10. The molecular weight excluding hydrogens is 362 g/mol. The monoisotopic (exact) mass is 377 g/mol. The van der Waals surface area contributed by atoms with Crippen molar-refractivity contribution in [1.82, 2.24) is 10.1 Å². The molecule has 0 saturated heterocycles. The molecule has 0 aliphatic heterocycles. The molecule has 2 aromatic carbocycles. The lowest BCUT2D eigenvalue weighted by Crippen LogP contribution is -2.02. The fourth-order valence-electron chi connectivity index (χ4n) is 2.94. The van der Waals surface area contributed by atoms with E-state index in [0.717, 1.165) is 11.1 Å². The lowest BCUT2D eigenvalue weighted by atomic mass is 9.95. The SMILES string of the molecule is Nc1ccc(-c2noc(-c3cccc(Cl)c3)c2C(O)c2cccnc2)cc1. The van der Waals surface area contributed by atoms with E-state index in [2.05, 4.69) is 10.1 Å². The third kappa shape index (κ3) is 3.43. The van der Waals surface area contributed by atoms with Crippen molar-refractivity contribution in [2.24, 2.45) is 0 Å². The van der Waals surface area contributed by atoms with Crippen LogP contribution < -0.4 is 5.73 Å². The van der Waals surface area contributed by atoms with E-state index >= 15 is 0 Å². The maximum Gasteiger partial charge on any atom is 0.173 e. The first-order valence-corrected chi connectivity index (χ1v) is 8.70. The number of hydrogen-bond acceptors (Lipinski definition) is 5. The number of nitrogen functional groups attached to an aromatic ring is 1. The van der Waals surface area contributed by atoms with Gasteiger partial charge in [-0.05, 0) is 30.3 Å². The Balaban J connectivity index is 1.91. The minimum Gasteiger partial charge on any atom is -0.399 e. The van der Waals surface area contributed by atoms with Crippen LogP contribution in [0.4, 0.5) is 5.69 Å². The maximum atomic E-state index is 11.1. The molecule has 1 unspecified atom stereocenters. The summed E-state index contributed by atoms with van der Waals surface area (Å²) in [7, 11) is 0. The Hall–Kier alpha value is -3.15. The maximum absolute atomic E-state index is 11.1. The van der Waals surface area contributed by atoms with E-state index in [-0.39, 0.29) is 0 Å². The molecule has 2 heterocycles. The molecule has 4 rings (SSSR count). The number of nitrogens with two attached hydrogens (primary N) is 1. The summed E-state index contributed by atoms with van der Waals surface area (Å²) in [5.41, 5.74) is 9.69. The highest BCUT2D eigenvalue weighted by Gasteiger charge is 2.26. The third-order valence-corrected chi connectivity index (χ3v) is 4.51. The van der Waals surface area contributed by atoms with Gasteiger partial charge in [-0.3, -0.25) is 4.98 Å². The molecule has 0 bridgehead atoms. The molecule has 0 radical (unpaired) electrons. The molecule has 27 heavy (non-hydrogen) atoms. The van der Waals surface area contributed by atoms with Crippen LogP contribution in [0.2, 0.25) is 5.02 Å². The van der Waals surface area contributed by atoms with Gasteiger partial charge in [0, 0.05) is 39.8 Å². The Kier molecular flexibility index (Phi) is 4.62. The Labute approximate surface area is 161 Å². The molecule has 5 nitrogen and oxygen atoms in total. The van der Waals surface area contributed by atoms with Gasteiger partial charge in [0.25, 0.3) is 0 Å². The van der Waals surface area contributed by atoms with Crippen molar-refractivity contribution in [1.29, 1.82) is 0 Å². The van der Waals surface area contributed by atoms with Crippen molar-refractivity contribution in [3.63, 3.8) is 0 Å². The summed E-state index contributed by atoms with van der Waals surface area (Å²) in [6.45, 7) is 0. The average molecular weight is 378 g/mol. The van der Waals surface area contributed by atoms with Crippen molar-refractivity contribution < 1.29 is 9.63 Å². The smallest absolute Gasteiger partial charge is 0.173 e. The lowest BCUT2D eigenvalue weighted by Gasteiger charge is -2.12. The van der Waals surface area contributed by atoms with Gasteiger partial charge in [0.05, 0.1) is 5.56 Å². The van der Waals surface area contributed by atoms with Crippen LogP contribution in [-0.2, 0) is 0 Å². The topological polar surface area (TPSA) is 85.2 Å². The first kappa shape index (κ1) is 17.3. The number of aliphatic hydroxyl groups excluding tert-OH is 1. The van der Waals surface area contributed by atoms with E-state index in [9.17, 15) is 5.11 Å². The van der Waals surface area contributed by atoms with E-state index in [0.29, 0.717) is 33.3 Å². The fourth-order valence-corrected chi connectivity index (χ4v) is 3.13. The summed E-state index contributed by atoms with van der Waals surface area (Å²) in [4.78, 5) is 4.10. The Morgan fingerprint density at radius 2 is 1.81 bits per heavy atom. The number of halogens is 1. The van der Waals surface area contributed by atoms with Crippen molar-refractivity contribution in [2.75, 3.05) is 5.73 Å². The van der Waals surface area contributed by atoms with Crippen LogP contribution in [0.3, 0.4) is 0 Å². The van der Waals surface area contributed by atoms with Crippen molar-refractivity contribution in [3.05, 3.63) is 89.2 Å². The minimum atomic E-state index is -0.966. The molecule has 0 aliphatic carbocycles. The van der Waals surface area contributed by atoms with Gasteiger partial charge in [-0.15, -0.1) is 0 Å². The van der Waals surface area contributed by atoms with E-state index in [1.807, 2.05) is 24.3 Å². The largest absolute Gasteiger partial charge is 0.399 e. The van der Waals surface area contributed by atoms with Gasteiger partial charge in [0.15, 0.2) is 5.76 Å². The molecule has 0 aliphatic rings. The zero-order valence-electron chi connectivity index (χ0n) is 14.2. The van der Waals surface area contributed by atoms with E-state index in [1.165, 1.54) is 0 Å². The molecule has 0 saturated carbocycles. The summed E-state index contributed by atoms with van der Waals surface area (Å²) in [6.07, 6.45) is 2.31. The molecule has 6 heteroatoms. The standard InChI is InChI=1S/C21H16ClN3O2/c22-16-5-1-3-14(11-16)21-18(20(26)15-4-2-10-24-12-15)19(25-27-21)13-6-8-17(23)9-7-13/h1-12,20,26H,23H2. The van der Waals surface area contributed by atoms with E-state index in [4.69, 9.17) is 21.9 Å². The molecule has 0 fully saturated rings. The van der Waals surface area contributed by atoms with Gasteiger partial charge in [-0.1, -0.05) is 47.1 Å². The summed E-state index contributed by atoms with van der Waals surface area (Å²) >= 11 is 6.14. The predicted octanol–water partition coefficient (Wildman–Crippen LogP) is 4.72. The first-order chi connectivity index (χ1) is 13.1. The number of rotatable bonds is 4. The molecule has 4 aromatic rings. The first-order valence-electron chi connectivity index (χ1n) is 8.33. The molecule has 3 N–H and O–H groups in total. The summed E-state index contributed by atoms with van der Waals surface area (Å²) in [5, 5.41) is 15.9. The van der Waals surface area contributed by atoms with Crippen LogP contribution in [0.5, 0.6) is 0 Å². The Morgan fingerprint density at radius 1 is 1.00 bits per heavy atom. The van der Waals surface area contributed by atoms with Crippen LogP contribution in [0, 0.1) is 0 Å². The second-order valence-corrected chi connectivity index (χ2v) is 6.53. The van der Waals surface area contributed by atoms with Gasteiger partial charge in [0.2, 0.25) is 0 Å². The van der Waals surface area contributed by atoms with Gasteiger partial charge in [-0.25, -0.2) is 0 Å².